The van der Waals surface area contributed by atoms with E-state index in [0.29, 0.717) is 29.7 Å². The molecule has 37 heavy (non-hydrogen) atoms. The molecule has 200 valence electrons. The molecule has 0 radical (unpaired) electrons. The second kappa shape index (κ2) is 13.4. The minimum absolute atomic E-state index is 0.278. The number of carbonyl (C=O) groups excluding carboxylic acids is 1. The molecule has 4 rings (SSSR count). The van der Waals surface area contributed by atoms with Crippen LogP contribution in [0.25, 0.3) is 0 Å². The predicted molar refractivity (Wildman–Crippen MR) is 148 cm³/mol. The van der Waals surface area contributed by atoms with Gasteiger partial charge in [0.2, 0.25) is 0 Å². The Kier molecular flexibility index (Phi) is 9.76. The molecular formula is C28H41N7O2. The molecule has 0 saturated carbocycles. The fourth-order valence-corrected chi connectivity index (χ4v) is 4.77. The SMILES string of the molecule is C=C(NC1CCN(C)CC1)N(CCCN1CCOCC1)Cc1ccc(C(=O)Nc2ccccc2N)nc1. The van der Waals surface area contributed by atoms with Crippen molar-refractivity contribution >= 4 is 17.3 Å². The number of amides is 1. The number of ether oxygens (including phenoxy) is 1. The molecule has 1 aromatic heterocycles. The first-order valence-corrected chi connectivity index (χ1v) is 13.3. The number of nitrogen functional groups attached to an aromatic ring is 1. The van der Waals surface area contributed by atoms with Crippen molar-refractivity contribution in [2.75, 3.05) is 70.6 Å². The zero-order chi connectivity index (χ0) is 26.0. The minimum atomic E-state index is -0.278. The number of hydrogen-bond donors (Lipinski definition) is 3. The van der Waals surface area contributed by atoms with E-state index in [0.717, 1.165) is 83.1 Å². The Morgan fingerprint density at radius 3 is 2.62 bits per heavy atom. The number of nitrogens with two attached hydrogens (primary N) is 1. The van der Waals surface area contributed by atoms with Gasteiger partial charge < -0.3 is 30.9 Å². The minimum Gasteiger partial charge on any atom is -0.397 e. The number of hydrogen-bond acceptors (Lipinski definition) is 8. The van der Waals surface area contributed by atoms with E-state index < -0.39 is 0 Å². The van der Waals surface area contributed by atoms with E-state index in [2.05, 4.69) is 43.9 Å². The van der Waals surface area contributed by atoms with Gasteiger partial charge in [0, 0.05) is 45.0 Å². The smallest absolute Gasteiger partial charge is 0.274 e. The second-order valence-corrected chi connectivity index (χ2v) is 9.99. The molecule has 0 unspecified atom stereocenters. The number of likely N-dealkylation sites (tertiary alicyclic amines) is 1. The van der Waals surface area contributed by atoms with Gasteiger partial charge in [-0.15, -0.1) is 0 Å². The van der Waals surface area contributed by atoms with E-state index in [9.17, 15) is 4.79 Å². The van der Waals surface area contributed by atoms with Crippen molar-refractivity contribution in [2.24, 2.45) is 0 Å². The number of anilines is 2. The molecule has 2 saturated heterocycles. The molecule has 1 aromatic carbocycles. The zero-order valence-corrected chi connectivity index (χ0v) is 22.0. The third-order valence-electron chi connectivity index (χ3n) is 7.12. The molecule has 1 amide bonds. The maximum atomic E-state index is 12.7. The summed E-state index contributed by atoms with van der Waals surface area (Å²) < 4.78 is 5.48. The number of para-hydroxylation sites is 2. The molecule has 2 aromatic rings. The van der Waals surface area contributed by atoms with E-state index in [4.69, 9.17) is 10.5 Å². The van der Waals surface area contributed by atoms with Crippen LogP contribution >= 0.6 is 0 Å². The van der Waals surface area contributed by atoms with Crippen LogP contribution in [0.3, 0.4) is 0 Å². The number of benzene rings is 1. The molecule has 2 aliphatic heterocycles. The number of carbonyl (C=O) groups is 1. The summed E-state index contributed by atoms with van der Waals surface area (Å²) >= 11 is 0. The topological polar surface area (TPSA) is 99.0 Å². The summed E-state index contributed by atoms with van der Waals surface area (Å²) in [6, 6.07) is 11.4. The van der Waals surface area contributed by atoms with E-state index >= 15 is 0 Å². The zero-order valence-electron chi connectivity index (χ0n) is 22.0. The molecular weight excluding hydrogens is 466 g/mol. The maximum absolute atomic E-state index is 12.7. The standard InChI is InChI=1S/C28H41N7O2/c1-22(31-24-10-14-33(2)15-11-24)35(13-5-12-34-16-18-37-19-17-34)21-23-8-9-27(30-20-23)28(36)32-26-7-4-3-6-25(26)29/h3-4,6-9,20,24,31H,1,5,10-19,21,29H2,2H3,(H,32,36). The van der Waals surface area contributed by atoms with Crippen molar-refractivity contribution in [3.8, 4) is 0 Å². The van der Waals surface area contributed by atoms with Crippen LogP contribution in [-0.2, 0) is 11.3 Å². The van der Waals surface area contributed by atoms with Crippen LogP contribution in [0.1, 0.15) is 35.3 Å². The van der Waals surface area contributed by atoms with Crippen LogP contribution in [-0.4, -0.2) is 91.2 Å². The van der Waals surface area contributed by atoms with Gasteiger partial charge in [0.15, 0.2) is 0 Å². The van der Waals surface area contributed by atoms with Crippen molar-refractivity contribution in [2.45, 2.75) is 31.8 Å². The van der Waals surface area contributed by atoms with Gasteiger partial charge in [-0.2, -0.15) is 0 Å². The third kappa shape index (κ3) is 8.18. The first kappa shape index (κ1) is 26.9. The van der Waals surface area contributed by atoms with Gasteiger partial charge in [0.25, 0.3) is 5.91 Å². The lowest BCUT2D eigenvalue weighted by Crippen LogP contribution is -2.44. The molecule has 0 spiro atoms. The van der Waals surface area contributed by atoms with Crippen molar-refractivity contribution in [1.82, 2.24) is 25.0 Å². The van der Waals surface area contributed by atoms with Crippen LogP contribution in [0.2, 0.25) is 0 Å². The van der Waals surface area contributed by atoms with E-state index in [-0.39, 0.29) is 5.91 Å². The van der Waals surface area contributed by atoms with Crippen LogP contribution in [0.15, 0.2) is 55.0 Å². The van der Waals surface area contributed by atoms with Gasteiger partial charge in [0.1, 0.15) is 5.69 Å². The highest BCUT2D eigenvalue weighted by atomic mass is 16.5. The average molecular weight is 508 g/mol. The van der Waals surface area contributed by atoms with Gasteiger partial charge in [-0.1, -0.05) is 24.8 Å². The van der Waals surface area contributed by atoms with Crippen molar-refractivity contribution in [3.05, 3.63) is 66.3 Å². The van der Waals surface area contributed by atoms with Crippen LogP contribution in [0.5, 0.6) is 0 Å². The molecule has 2 aliphatic rings. The van der Waals surface area contributed by atoms with Gasteiger partial charge in [-0.3, -0.25) is 14.7 Å². The normalized spacial score (nSPS) is 17.3. The lowest BCUT2D eigenvalue weighted by atomic mass is 10.1. The first-order valence-electron chi connectivity index (χ1n) is 13.3. The highest BCUT2D eigenvalue weighted by Gasteiger charge is 2.19. The van der Waals surface area contributed by atoms with Gasteiger partial charge in [-0.25, -0.2) is 0 Å². The van der Waals surface area contributed by atoms with Gasteiger partial charge in [0.05, 0.1) is 30.4 Å². The van der Waals surface area contributed by atoms with Crippen LogP contribution < -0.4 is 16.4 Å². The Bertz CT molecular complexity index is 1020. The highest BCUT2D eigenvalue weighted by Crippen LogP contribution is 2.18. The second-order valence-electron chi connectivity index (χ2n) is 9.99. The lowest BCUT2D eigenvalue weighted by Gasteiger charge is -2.35. The Morgan fingerprint density at radius 2 is 1.92 bits per heavy atom. The lowest BCUT2D eigenvalue weighted by molar-refractivity contribution is 0.0363. The highest BCUT2D eigenvalue weighted by molar-refractivity contribution is 6.04. The fourth-order valence-electron chi connectivity index (χ4n) is 4.77. The summed E-state index contributed by atoms with van der Waals surface area (Å²) in [6.45, 7) is 12.9. The Morgan fingerprint density at radius 1 is 1.16 bits per heavy atom. The fraction of sp³-hybridized carbons (Fsp3) is 0.500. The Hall–Kier alpha value is -3.14. The molecule has 3 heterocycles. The number of piperidine rings is 1. The largest absolute Gasteiger partial charge is 0.397 e. The summed E-state index contributed by atoms with van der Waals surface area (Å²) in [4.78, 5) is 24.2. The number of rotatable bonds is 11. The van der Waals surface area contributed by atoms with E-state index in [1.807, 2.05) is 18.2 Å². The Labute approximate surface area is 220 Å². The molecule has 9 nitrogen and oxygen atoms in total. The summed E-state index contributed by atoms with van der Waals surface area (Å²) in [5.41, 5.74) is 8.45. The Balaban J connectivity index is 1.36. The number of morpholine rings is 1. The van der Waals surface area contributed by atoms with Crippen molar-refractivity contribution < 1.29 is 9.53 Å². The molecule has 0 atom stereocenters. The van der Waals surface area contributed by atoms with Crippen molar-refractivity contribution in [1.29, 1.82) is 0 Å². The molecule has 0 aliphatic carbocycles. The summed E-state index contributed by atoms with van der Waals surface area (Å²) in [7, 11) is 2.18. The number of pyridine rings is 1. The molecule has 2 fully saturated rings. The number of nitrogens with one attached hydrogen (secondary N) is 2. The molecule has 9 heteroatoms. The quantitative estimate of drug-likeness (QED) is 0.399. The van der Waals surface area contributed by atoms with Gasteiger partial charge >= 0.3 is 0 Å². The van der Waals surface area contributed by atoms with E-state index in [1.54, 1.807) is 24.4 Å². The first-order chi connectivity index (χ1) is 18.0. The summed E-state index contributed by atoms with van der Waals surface area (Å²) in [6.07, 6.45) is 5.06. The van der Waals surface area contributed by atoms with Crippen molar-refractivity contribution in [3.63, 3.8) is 0 Å². The molecule has 4 N–H and O–H groups in total. The maximum Gasteiger partial charge on any atom is 0.274 e. The molecule has 0 bridgehead atoms. The number of aromatic nitrogens is 1. The summed E-state index contributed by atoms with van der Waals surface area (Å²) in [5.74, 6) is 0.679. The van der Waals surface area contributed by atoms with Crippen LogP contribution in [0, 0.1) is 0 Å². The number of nitrogens with zero attached hydrogens (tertiary/aromatic N) is 4. The monoisotopic (exact) mass is 507 g/mol. The summed E-state index contributed by atoms with van der Waals surface area (Å²) in [5, 5.41) is 6.52. The third-order valence-corrected chi connectivity index (χ3v) is 7.12. The predicted octanol–water partition coefficient (Wildman–Crippen LogP) is 2.60. The van der Waals surface area contributed by atoms with E-state index in [1.165, 1.54) is 0 Å². The van der Waals surface area contributed by atoms with Crippen LogP contribution in [0.4, 0.5) is 11.4 Å². The van der Waals surface area contributed by atoms with Gasteiger partial charge in [-0.05, 0) is 63.2 Å². The average Bonchev–Trinajstić information content (AvgIpc) is 2.91.